The molecule has 1 heterocycles. The van der Waals surface area contributed by atoms with Gasteiger partial charge in [-0.1, -0.05) is 33.1 Å². The maximum absolute atomic E-state index is 3.72. The predicted molar refractivity (Wildman–Crippen MR) is 78.9 cm³/mol. The van der Waals surface area contributed by atoms with Crippen molar-refractivity contribution >= 4 is 0 Å². The summed E-state index contributed by atoms with van der Waals surface area (Å²) < 4.78 is 0. The second-order valence-electron chi connectivity index (χ2n) is 7.06. The summed E-state index contributed by atoms with van der Waals surface area (Å²) in [5, 5.41) is 3.72. The van der Waals surface area contributed by atoms with Crippen LogP contribution in [-0.2, 0) is 0 Å². The first-order valence-corrected chi connectivity index (χ1v) is 8.09. The average molecular weight is 252 g/mol. The highest BCUT2D eigenvalue weighted by molar-refractivity contribution is 4.90. The van der Waals surface area contributed by atoms with E-state index in [2.05, 4.69) is 31.0 Å². The Morgan fingerprint density at radius 3 is 2.44 bits per heavy atom. The Hall–Kier alpha value is -0.0800. The average Bonchev–Trinajstić information content (AvgIpc) is 2.74. The molecule has 2 fully saturated rings. The Bertz CT molecular complexity index is 243. The van der Waals surface area contributed by atoms with E-state index in [1.165, 1.54) is 64.6 Å². The summed E-state index contributed by atoms with van der Waals surface area (Å²) >= 11 is 0. The highest BCUT2D eigenvalue weighted by Gasteiger charge is 2.36. The lowest BCUT2D eigenvalue weighted by molar-refractivity contribution is 0.0965. The lowest BCUT2D eigenvalue weighted by Crippen LogP contribution is -2.47. The Morgan fingerprint density at radius 2 is 1.89 bits per heavy atom. The minimum Gasteiger partial charge on any atom is -0.314 e. The molecule has 1 atom stereocenters. The minimum absolute atomic E-state index is 0.571. The van der Waals surface area contributed by atoms with E-state index in [9.17, 15) is 0 Å². The summed E-state index contributed by atoms with van der Waals surface area (Å²) in [6.45, 7) is 10.9. The summed E-state index contributed by atoms with van der Waals surface area (Å²) in [6.07, 6.45) is 10.1. The van der Waals surface area contributed by atoms with Crippen molar-refractivity contribution in [3.05, 3.63) is 0 Å². The molecular weight excluding hydrogens is 220 g/mol. The Kier molecular flexibility index (Phi) is 5.08. The molecule has 0 spiro atoms. The molecule has 2 aliphatic rings. The molecule has 1 unspecified atom stereocenters. The van der Waals surface area contributed by atoms with Crippen molar-refractivity contribution in [3.8, 4) is 0 Å². The van der Waals surface area contributed by atoms with Crippen molar-refractivity contribution in [1.82, 2.24) is 10.2 Å². The van der Waals surface area contributed by atoms with Gasteiger partial charge in [0.25, 0.3) is 0 Å². The number of hydrogen-bond donors (Lipinski definition) is 1. The zero-order valence-corrected chi connectivity index (χ0v) is 12.7. The third-order valence-corrected chi connectivity index (χ3v) is 5.03. The first kappa shape index (κ1) is 14.3. The summed E-state index contributed by atoms with van der Waals surface area (Å²) in [5.74, 6) is 0. The molecule has 1 saturated heterocycles. The molecule has 0 aromatic carbocycles. The molecule has 1 N–H and O–H groups in total. The Labute approximate surface area is 114 Å². The van der Waals surface area contributed by atoms with Crippen LogP contribution in [0, 0.1) is 5.41 Å². The van der Waals surface area contributed by atoms with E-state index in [-0.39, 0.29) is 0 Å². The summed E-state index contributed by atoms with van der Waals surface area (Å²) in [6, 6.07) is 1.45. The minimum atomic E-state index is 0.571. The van der Waals surface area contributed by atoms with Crippen LogP contribution >= 0.6 is 0 Å². The highest BCUT2D eigenvalue weighted by Crippen LogP contribution is 2.38. The van der Waals surface area contributed by atoms with Gasteiger partial charge in [-0.25, -0.2) is 0 Å². The van der Waals surface area contributed by atoms with Gasteiger partial charge in [-0.3, -0.25) is 0 Å². The second kappa shape index (κ2) is 6.38. The Morgan fingerprint density at radius 1 is 1.17 bits per heavy atom. The summed E-state index contributed by atoms with van der Waals surface area (Å²) in [7, 11) is 0. The third-order valence-electron chi connectivity index (χ3n) is 5.03. The van der Waals surface area contributed by atoms with Crippen LogP contribution in [0.25, 0.3) is 0 Å². The molecule has 0 radical (unpaired) electrons. The standard InChI is InChI=1S/C16H32N2/c1-14(2)17-12-16(9-5-4-6-10-16)13-18-11-7-8-15(18)3/h14-15,17H,4-13H2,1-3H3. The molecular formula is C16H32N2. The van der Waals surface area contributed by atoms with Crippen LogP contribution < -0.4 is 5.32 Å². The summed E-state index contributed by atoms with van der Waals surface area (Å²) in [5.41, 5.74) is 0.571. The van der Waals surface area contributed by atoms with Crippen molar-refractivity contribution < 1.29 is 0 Å². The molecule has 0 bridgehead atoms. The molecule has 1 saturated carbocycles. The Balaban J connectivity index is 1.94. The van der Waals surface area contributed by atoms with Crippen molar-refractivity contribution in [2.45, 2.75) is 77.8 Å². The molecule has 2 rings (SSSR count). The first-order chi connectivity index (χ1) is 8.61. The monoisotopic (exact) mass is 252 g/mol. The molecule has 1 aliphatic carbocycles. The van der Waals surface area contributed by atoms with E-state index >= 15 is 0 Å². The largest absolute Gasteiger partial charge is 0.314 e. The normalized spacial score (nSPS) is 29.0. The maximum Gasteiger partial charge on any atom is 0.00676 e. The number of rotatable bonds is 5. The van der Waals surface area contributed by atoms with Crippen molar-refractivity contribution in [1.29, 1.82) is 0 Å². The first-order valence-electron chi connectivity index (χ1n) is 8.09. The van der Waals surface area contributed by atoms with Gasteiger partial charge >= 0.3 is 0 Å². The summed E-state index contributed by atoms with van der Waals surface area (Å²) in [4.78, 5) is 2.76. The van der Waals surface area contributed by atoms with Gasteiger partial charge in [-0.2, -0.15) is 0 Å². The lowest BCUT2D eigenvalue weighted by atomic mass is 9.73. The lowest BCUT2D eigenvalue weighted by Gasteiger charge is -2.42. The highest BCUT2D eigenvalue weighted by atomic mass is 15.2. The van der Waals surface area contributed by atoms with Gasteiger partial charge < -0.3 is 10.2 Å². The second-order valence-corrected chi connectivity index (χ2v) is 7.06. The van der Waals surface area contributed by atoms with E-state index in [1.807, 2.05) is 0 Å². The predicted octanol–water partition coefficient (Wildman–Crippen LogP) is 3.42. The van der Waals surface area contributed by atoms with Crippen LogP contribution in [-0.4, -0.2) is 36.6 Å². The van der Waals surface area contributed by atoms with Crippen molar-refractivity contribution in [2.75, 3.05) is 19.6 Å². The van der Waals surface area contributed by atoms with Crippen LogP contribution in [0.4, 0.5) is 0 Å². The molecule has 2 heteroatoms. The third kappa shape index (κ3) is 3.71. The van der Waals surface area contributed by atoms with Gasteiger partial charge in [0.1, 0.15) is 0 Å². The van der Waals surface area contributed by atoms with E-state index in [4.69, 9.17) is 0 Å². The topological polar surface area (TPSA) is 15.3 Å². The molecule has 2 nitrogen and oxygen atoms in total. The quantitative estimate of drug-likeness (QED) is 0.806. The van der Waals surface area contributed by atoms with Crippen LogP contribution in [0.5, 0.6) is 0 Å². The van der Waals surface area contributed by atoms with Crippen LogP contribution in [0.2, 0.25) is 0 Å². The van der Waals surface area contributed by atoms with Gasteiger partial charge in [-0.15, -0.1) is 0 Å². The number of nitrogens with one attached hydrogen (secondary N) is 1. The fourth-order valence-electron chi connectivity index (χ4n) is 3.77. The zero-order chi connectivity index (χ0) is 13.0. The molecule has 0 aromatic rings. The maximum atomic E-state index is 3.72. The van der Waals surface area contributed by atoms with E-state index in [0.29, 0.717) is 11.5 Å². The van der Waals surface area contributed by atoms with Gasteiger partial charge in [-0.05, 0) is 44.6 Å². The number of likely N-dealkylation sites (tertiary alicyclic amines) is 1. The van der Waals surface area contributed by atoms with Crippen LogP contribution in [0.15, 0.2) is 0 Å². The van der Waals surface area contributed by atoms with Gasteiger partial charge in [0.2, 0.25) is 0 Å². The number of nitrogens with zero attached hydrogens (tertiary/aromatic N) is 1. The molecule has 0 amide bonds. The zero-order valence-electron chi connectivity index (χ0n) is 12.7. The van der Waals surface area contributed by atoms with E-state index < -0.39 is 0 Å². The van der Waals surface area contributed by atoms with Gasteiger partial charge in [0.15, 0.2) is 0 Å². The molecule has 106 valence electrons. The van der Waals surface area contributed by atoms with Gasteiger partial charge in [0, 0.05) is 25.2 Å². The van der Waals surface area contributed by atoms with E-state index in [1.54, 1.807) is 0 Å². The van der Waals surface area contributed by atoms with Crippen LogP contribution in [0.3, 0.4) is 0 Å². The fourth-order valence-corrected chi connectivity index (χ4v) is 3.77. The molecule has 18 heavy (non-hydrogen) atoms. The van der Waals surface area contributed by atoms with Crippen molar-refractivity contribution in [2.24, 2.45) is 5.41 Å². The number of hydrogen-bond acceptors (Lipinski definition) is 2. The smallest absolute Gasteiger partial charge is 0.00676 e. The van der Waals surface area contributed by atoms with E-state index in [0.717, 1.165) is 6.04 Å². The van der Waals surface area contributed by atoms with Crippen LogP contribution in [0.1, 0.15) is 65.7 Å². The molecule has 0 aromatic heterocycles. The fraction of sp³-hybridized carbons (Fsp3) is 1.00. The molecule has 1 aliphatic heterocycles. The SMILES string of the molecule is CC(C)NCC1(CN2CCCC2C)CCCCC1. The van der Waals surface area contributed by atoms with Gasteiger partial charge in [0.05, 0.1) is 0 Å². The van der Waals surface area contributed by atoms with Crippen molar-refractivity contribution in [3.63, 3.8) is 0 Å².